The number of amides is 1. The van der Waals surface area contributed by atoms with Crippen molar-refractivity contribution in [1.29, 1.82) is 5.26 Å². The first-order chi connectivity index (χ1) is 10.9. The molecule has 1 rings (SSSR count). The van der Waals surface area contributed by atoms with Gasteiger partial charge in [-0.25, -0.2) is 4.79 Å². The van der Waals surface area contributed by atoms with Gasteiger partial charge in [0.1, 0.15) is 11.8 Å². The van der Waals surface area contributed by atoms with Gasteiger partial charge in [-0.1, -0.05) is 13.8 Å². The number of methoxy groups -OCH3 is 1. The number of carbonyl (C=O) groups is 2. The van der Waals surface area contributed by atoms with E-state index in [2.05, 4.69) is 5.32 Å². The van der Waals surface area contributed by atoms with Gasteiger partial charge in [0, 0.05) is 0 Å². The zero-order valence-electron chi connectivity index (χ0n) is 13.8. The van der Waals surface area contributed by atoms with Crippen LogP contribution in [-0.2, 0) is 14.3 Å². The quantitative estimate of drug-likeness (QED) is 0.777. The van der Waals surface area contributed by atoms with Gasteiger partial charge in [-0.3, -0.25) is 4.79 Å². The number of hydrogen-bond donors (Lipinski definition) is 1. The maximum atomic E-state index is 12.2. The third kappa shape index (κ3) is 5.99. The maximum Gasteiger partial charge on any atom is 0.328 e. The Morgan fingerprint density at radius 2 is 1.83 bits per heavy atom. The van der Waals surface area contributed by atoms with Crippen LogP contribution < -0.4 is 10.1 Å². The molecule has 2 unspecified atom stereocenters. The van der Waals surface area contributed by atoms with E-state index in [1.54, 1.807) is 31.2 Å². The summed E-state index contributed by atoms with van der Waals surface area (Å²) in [4.78, 5) is 23.9. The molecule has 0 fully saturated rings. The molecule has 6 nitrogen and oxygen atoms in total. The molecule has 2 atom stereocenters. The highest BCUT2D eigenvalue weighted by molar-refractivity contribution is 5.86. The Bertz CT molecular complexity index is 575. The van der Waals surface area contributed by atoms with Crippen molar-refractivity contribution in [2.75, 3.05) is 7.11 Å². The third-order valence-corrected chi connectivity index (χ3v) is 3.17. The van der Waals surface area contributed by atoms with E-state index in [1.165, 1.54) is 7.11 Å². The minimum atomic E-state index is -0.776. The average Bonchev–Trinajstić information content (AvgIpc) is 2.53. The largest absolute Gasteiger partial charge is 0.481 e. The zero-order valence-corrected chi connectivity index (χ0v) is 13.8. The summed E-state index contributed by atoms with van der Waals surface area (Å²) in [7, 11) is 1.29. The number of nitrogens with zero attached hydrogens (tertiary/aromatic N) is 1. The van der Waals surface area contributed by atoms with E-state index in [9.17, 15) is 9.59 Å². The van der Waals surface area contributed by atoms with Crippen molar-refractivity contribution in [1.82, 2.24) is 5.32 Å². The molecule has 0 heterocycles. The van der Waals surface area contributed by atoms with E-state index in [0.29, 0.717) is 17.7 Å². The molecule has 0 aliphatic heterocycles. The number of rotatable bonds is 7. The highest BCUT2D eigenvalue weighted by Gasteiger charge is 2.25. The first-order valence-electron chi connectivity index (χ1n) is 7.42. The van der Waals surface area contributed by atoms with Crippen LogP contribution in [-0.4, -0.2) is 31.1 Å². The standard InChI is InChI=1S/C17H22N2O4/c1-11(2)9-15(17(21)22-4)19-16(20)12(3)23-14-7-5-13(10-18)6-8-14/h5-8,11-12,15H,9H2,1-4H3,(H,19,20). The molecule has 6 heteroatoms. The molecule has 0 spiro atoms. The van der Waals surface area contributed by atoms with Gasteiger partial charge in [-0.15, -0.1) is 0 Å². The lowest BCUT2D eigenvalue weighted by Gasteiger charge is -2.21. The SMILES string of the molecule is COC(=O)C(CC(C)C)NC(=O)C(C)Oc1ccc(C#N)cc1. The van der Waals surface area contributed by atoms with E-state index < -0.39 is 24.0 Å². The first-order valence-corrected chi connectivity index (χ1v) is 7.42. The van der Waals surface area contributed by atoms with Crippen LogP contribution in [0.25, 0.3) is 0 Å². The lowest BCUT2D eigenvalue weighted by Crippen LogP contribution is -2.47. The average molecular weight is 318 g/mol. The van der Waals surface area contributed by atoms with E-state index in [-0.39, 0.29) is 5.92 Å². The molecule has 23 heavy (non-hydrogen) atoms. The Balaban J connectivity index is 2.66. The van der Waals surface area contributed by atoms with Gasteiger partial charge in [-0.05, 0) is 43.5 Å². The van der Waals surface area contributed by atoms with Gasteiger partial charge in [0.05, 0.1) is 18.7 Å². The summed E-state index contributed by atoms with van der Waals surface area (Å²) in [6.07, 6.45) is -0.288. The van der Waals surface area contributed by atoms with Crippen LogP contribution in [0.2, 0.25) is 0 Å². The summed E-state index contributed by atoms with van der Waals surface area (Å²) in [5.74, 6) is -0.165. The smallest absolute Gasteiger partial charge is 0.328 e. The van der Waals surface area contributed by atoms with Crippen LogP contribution in [0.1, 0.15) is 32.8 Å². The minimum Gasteiger partial charge on any atom is -0.481 e. The number of nitrogens with one attached hydrogen (secondary N) is 1. The number of nitriles is 1. The van der Waals surface area contributed by atoms with Gasteiger partial charge in [0.25, 0.3) is 5.91 Å². The fourth-order valence-corrected chi connectivity index (χ4v) is 1.98. The van der Waals surface area contributed by atoms with Crippen LogP contribution in [0.4, 0.5) is 0 Å². The predicted molar refractivity (Wildman–Crippen MR) is 84.6 cm³/mol. The molecule has 0 saturated carbocycles. The zero-order chi connectivity index (χ0) is 17.4. The Labute approximate surface area is 136 Å². The summed E-state index contributed by atoms with van der Waals surface area (Å²) in [6.45, 7) is 5.51. The van der Waals surface area contributed by atoms with Gasteiger partial charge in [0.15, 0.2) is 6.10 Å². The molecule has 1 aromatic carbocycles. The Kier molecular flexibility index (Phi) is 7.07. The highest BCUT2D eigenvalue weighted by Crippen LogP contribution is 2.14. The molecule has 1 aromatic rings. The van der Waals surface area contributed by atoms with E-state index in [4.69, 9.17) is 14.7 Å². The summed E-state index contributed by atoms with van der Waals surface area (Å²) in [6, 6.07) is 7.77. The normalized spacial score (nSPS) is 12.9. The van der Waals surface area contributed by atoms with Crippen LogP contribution in [0.15, 0.2) is 24.3 Å². The van der Waals surface area contributed by atoms with Gasteiger partial charge in [0.2, 0.25) is 0 Å². The van der Waals surface area contributed by atoms with Gasteiger partial charge in [-0.2, -0.15) is 5.26 Å². The van der Waals surface area contributed by atoms with Crippen LogP contribution in [0.3, 0.4) is 0 Å². The molecular weight excluding hydrogens is 296 g/mol. The molecule has 0 aliphatic rings. The second-order valence-electron chi connectivity index (χ2n) is 5.61. The second-order valence-corrected chi connectivity index (χ2v) is 5.61. The van der Waals surface area contributed by atoms with E-state index >= 15 is 0 Å². The van der Waals surface area contributed by atoms with Crippen LogP contribution in [0, 0.1) is 17.2 Å². The summed E-state index contributed by atoms with van der Waals surface area (Å²) in [5.41, 5.74) is 0.511. The van der Waals surface area contributed by atoms with Crippen molar-refractivity contribution in [2.45, 2.75) is 39.3 Å². The summed E-state index contributed by atoms with van der Waals surface area (Å²) >= 11 is 0. The van der Waals surface area contributed by atoms with E-state index in [1.807, 2.05) is 19.9 Å². The predicted octanol–water partition coefficient (Wildman–Crippen LogP) is 2.03. The second kappa shape index (κ2) is 8.79. The van der Waals surface area contributed by atoms with Crippen molar-refractivity contribution in [3.8, 4) is 11.8 Å². The van der Waals surface area contributed by atoms with Crippen molar-refractivity contribution >= 4 is 11.9 Å². The van der Waals surface area contributed by atoms with Crippen molar-refractivity contribution in [3.05, 3.63) is 29.8 Å². The Morgan fingerprint density at radius 1 is 1.22 bits per heavy atom. The Hall–Kier alpha value is -2.55. The van der Waals surface area contributed by atoms with E-state index in [0.717, 1.165) is 0 Å². The Morgan fingerprint density at radius 3 is 2.30 bits per heavy atom. The molecule has 0 aliphatic carbocycles. The van der Waals surface area contributed by atoms with Gasteiger partial charge >= 0.3 is 5.97 Å². The molecular formula is C17H22N2O4. The van der Waals surface area contributed by atoms with Crippen molar-refractivity contribution < 1.29 is 19.1 Å². The lowest BCUT2D eigenvalue weighted by atomic mass is 10.0. The molecule has 0 saturated heterocycles. The number of hydrogen-bond acceptors (Lipinski definition) is 5. The number of benzene rings is 1. The lowest BCUT2D eigenvalue weighted by molar-refractivity contribution is -0.146. The number of ether oxygens (including phenoxy) is 2. The van der Waals surface area contributed by atoms with Crippen LogP contribution in [0.5, 0.6) is 5.75 Å². The minimum absolute atomic E-state index is 0.231. The number of carbonyl (C=O) groups excluding carboxylic acids is 2. The molecule has 0 radical (unpaired) electrons. The van der Waals surface area contributed by atoms with Crippen molar-refractivity contribution in [3.63, 3.8) is 0 Å². The fourth-order valence-electron chi connectivity index (χ4n) is 1.98. The third-order valence-electron chi connectivity index (χ3n) is 3.17. The maximum absolute atomic E-state index is 12.2. The molecule has 0 aromatic heterocycles. The van der Waals surface area contributed by atoms with Gasteiger partial charge < -0.3 is 14.8 Å². The molecule has 1 amide bonds. The number of esters is 1. The molecule has 124 valence electrons. The van der Waals surface area contributed by atoms with Crippen LogP contribution >= 0.6 is 0 Å². The summed E-state index contributed by atoms with van der Waals surface area (Å²) in [5, 5.41) is 11.4. The monoisotopic (exact) mass is 318 g/mol. The molecule has 1 N–H and O–H groups in total. The summed E-state index contributed by atoms with van der Waals surface area (Å²) < 4.78 is 10.2. The fraction of sp³-hybridized carbons (Fsp3) is 0.471. The highest BCUT2D eigenvalue weighted by atomic mass is 16.5. The molecule has 0 bridgehead atoms. The first kappa shape index (κ1) is 18.5. The topological polar surface area (TPSA) is 88.4 Å². The van der Waals surface area contributed by atoms with Crippen molar-refractivity contribution in [2.24, 2.45) is 5.92 Å².